The van der Waals surface area contributed by atoms with Gasteiger partial charge in [-0.3, -0.25) is 15.2 Å². The Bertz CT molecular complexity index is 502. The predicted octanol–water partition coefficient (Wildman–Crippen LogP) is 2.21. The maximum absolute atomic E-state index is 12.2. The van der Waals surface area contributed by atoms with Crippen LogP contribution in [0.5, 0.6) is 0 Å². The van der Waals surface area contributed by atoms with Crippen molar-refractivity contribution in [1.29, 1.82) is 0 Å². The molecule has 0 heterocycles. The Morgan fingerprint density at radius 1 is 1.40 bits per heavy atom. The topological polar surface area (TPSA) is 56.7 Å². The molecule has 0 bridgehead atoms. The highest BCUT2D eigenvalue weighted by Gasteiger charge is 2.16. The van der Waals surface area contributed by atoms with E-state index in [1.165, 1.54) is 0 Å². The van der Waals surface area contributed by atoms with Gasteiger partial charge < -0.3 is 5.32 Å². The number of nitrogens with zero attached hydrogens (tertiary/aromatic N) is 2. The molecule has 2 amide bonds. The van der Waals surface area contributed by atoms with Crippen molar-refractivity contribution in [2.24, 2.45) is 4.99 Å². The van der Waals surface area contributed by atoms with Crippen LogP contribution in [0.3, 0.4) is 0 Å². The molecule has 1 aromatic rings. The number of hydrogen-bond donors (Lipinski definition) is 2. The van der Waals surface area contributed by atoms with Crippen LogP contribution in [0.25, 0.3) is 0 Å². The molecule has 0 aromatic heterocycles. The van der Waals surface area contributed by atoms with E-state index in [0.717, 1.165) is 16.8 Å². The molecular weight excluding hydrogens is 252 g/mol. The molecule has 2 N–H and O–H groups in total. The zero-order valence-corrected chi connectivity index (χ0v) is 12.5. The van der Waals surface area contributed by atoms with Gasteiger partial charge in [0.25, 0.3) is 0 Å². The molecule has 0 aliphatic carbocycles. The minimum atomic E-state index is -0.237. The summed E-state index contributed by atoms with van der Waals surface area (Å²) in [6.07, 6.45) is 1.70. The number of amides is 2. The van der Waals surface area contributed by atoms with E-state index < -0.39 is 0 Å². The highest BCUT2D eigenvalue weighted by molar-refractivity contribution is 6.04. The minimum Gasteiger partial charge on any atom is -0.353 e. The Labute approximate surface area is 120 Å². The molecule has 0 fully saturated rings. The van der Waals surface area contributed by atoms with Crippen LogP contribution >= 0.6 is 0 Å². The first-order chi connectivity index (χ1) is 9.51. The number of carbonyl (C=O) groups is 1. The molecule has 0 aliphatic rings. The zero-order valence-electron chi connectivity index (χ0n) is 12.5. The molecule has 0 saturated heterocycles. The van der Waals surface area contributed by atoms with Gasteiger partial charge in [0.2, 0.25) is 0 Å². The number of guanidine groups is 1. The van der Waals surface area contributed by atoms with Gasteiger partial charge in [0, 0.05) is 20.6 Å². The number of carbonyl (C=O) groups excluding carboxylic acids is 1. The lowest BCUT2D eigenvalue weighted by Crippen LogP contribution is -2.47. The number of benzene rings is 1. The summed E-state index contributed by atoms with van der Waals surface area (Å²) >= 11 is 0. The van der Waals surface area contributed by atoms with Gasteiger partial charge in [-0.1, -0.05) is 24.3 Å². The molecule has 0 saturated carbocycles. The Hall–Kier alpha value is -2.30. The monoisotopic (exact) mass is 274 g/mol. The summed E-state index contributed by atoms with van der Waals surface area (Å²) in [6.45, 7) is 8.12. The molecule has 20 heavy (non-hydrogen) atoms. The number of hydrogen-bond acceptors (Lipinski definition) is 2. The molecule has 0 aliphatic heterocycles. The van der Waals surface area contributed by atoms with Crippen LogP contribution in [0.2, 0.25) is 0 Å². The SMILES string of the molecule is C=CCNC(=NC)NC(=O)N(C)c1c(C)cccc1C. The van der Waals surface area contributed by atoms with Crippen molar-refractivity contribution in [3.63, 3.8) is 0 Å². The third-order valence-corrected chi connectivity index (χ3v) is 2.94. The van der Waals surface area contributed by atoms with Crippen LogP contribution in [0.1, 0.15) is 11.1 Å². The maximum Gasteiger partial charge on any atom is 0.328 e. The molecule has 1 aromatic carbocycles. The van der Waals surface area contributed by atoms with Crippen LogP contribution < -0.4 is 15.5 Å². The molecular formula is C15H22N4O. The second kappa shape index (κ2) is 7.33. The van der Waals surface area contributed by atoms with E-state index in [1.54, 1.807) is 25.1 Å². The van der Waals surface area contributed by atoms with Crippen molar-refractivity contribution in [3.8, 4) is 0 Å². The van der Waals surface area contributed by atoms with Crippen molar-refractivity contribution in [2.75, 3.05) is 25.5 Å². The van der Waals surface area contributed by atoms with Gasteiger partial charge in [0.15, 0.2) is 5.96 Å². The van der Waals surface area contributed by atoms with Crippen LogP contribution in [-0.2, 0) is 0 Å². The molecule has 1 rings (SSSR count). The summed E-state index contributed by atoms with van der Waals surface area (Å²) in [4.78, 5) is 17.8. The summed E-state index contributed by atoms with van der Waals surface area (Å²) in [5.74, 6) is 0.424. The predicted molar refractivity (Wildman–Crippen MR) is 84.4 cm³/mol. The fourth-order valence-electron chi connectivity index (χ4n) is 1.97. The third kappa shape index (κ3) is 3.85. The lowest BCUT2D eigenvalue weighted by atomic mass is 10.1. The fraction of sp³-hybridized carbons (Fsp3) is 0.333. The molecule has 0 atom stereocenters. The van der Waals surface area contributed by atoms with E-state index in [4.69, 9.17) is 0 Å². The Morgan fingerprint density at radius 3 is 2.50 bits per heavy atom. The highest BCUT2D eigenvalue weighted by atomic mass is 16.2. The van der Waals surface area contributed by atoms with E-state index in [1.807, 2.05) is 32.0 Å². The summed E-state index contributed by atoms with van der Waals surface area (Å²) in [5, 5.41) is 5.69. The molecule has 0 spiro atoms. The van der Waals surface area contributed by atoms with Gasteiger partial charge in [-0.2, -0.15) is 0 Å². The average molecular weight is 274 g/mol. The molecule has 0 unspecified atom stereocenters. The lowest BCUT2D eigenvalue weighted by molar-refractivity contribution is 0.251. The van der Waals surface area contributed by atoms with E-state index in [2.05, 4.69) is 22.2 Å². The van der Waals surface area contributed by atoms with Gasteiger partial charge in [0.05, 0.1) is 5.69 Å². The first kappa shape index (κ1) is 15.8. The summed E-state index contributed by atoms with van der Waals surface area (Å²) in [5.41, 5.74) is 3.01. The average Bonchev–Trinajstić information content (AvgIpc) is 2.42. The van der Waals surface area contributed by atoms with E-state index >= 15 is 0 Å². The summed E-state index contributed by atoms with van der Waals surface area (Å²) in [6, 6.07) is 5.71. The van der Waals surface area contributed by atoms with E-state index in [9.17, 15) is 4.79 Å². The van der Waals surface area contributed by atoms with Crippen LogP contribution in [0.15, 0.2) is 35.8 Å². The Morgan fingerprint density at radius 2 is 2.00 bits per heavy atom. The third-order valence-electron chi connectivity index (χ3n) is 2.94. The number of urea groups is 1. The van der Waals surface area contributed by atoms with Crippen LogP contribution in [-0.4, -0.2) is 32.6 Å². The number of aryl methyl sites for hydroxylation is 2. The van der Waals surface area contributed by atoms with E-state index in [0.29, 0.717) is 12.5 Å². The standard InChI is InChI=1S/C15H22N4O/c1-6-10-17-14(16-4)18-15(20)19(5)13-11(2)8-7-9-12(13)3/h6-9H,1,10H2,2-5H3,(H2,16,17,18,20). The Balaban J connectivity index is 2.84. The maximum atomic E-state index is 12.2. The van der Waals surface area contributed by atoms with Crippen molar-refractivity contribution in [3.05, 3.63) is 42.0 Å². The van der Waals surface area contributed by atoms with Crippen molar-refractivity contribution >= 4 is 17.7 Å². The largest absolute Gasteiger partial charge is 0.353 e. The number of aliphatic imine (C=N–C) groups is 1. The molecule has 0 radical (unpaired) electrons. The van der Waals surface area contributed by atoms with Crippen molar-refractivity contribution in [1.82, 2.24) is 10.6 Å². The Kier molecular flexibility index (Phi) is 5.77. The molecule has 5 heteroatoms. The lowest BCUT2D eigenvalue weighted by Gasteiger charge is -2.22. The minimum absolute atomic E-state index is 0.237. The summed E-state index contributed by atoms with van der Waals surface area (Å²) in [7, 11) is 3.36. The van der Waals surface area contributed by atoms with Crippen LogP contribution in [0.4, 0.5) is 10.5 Å². The number of anilines is 1. The summed E-state index contributed by atoms with van der Waals surface area (Å²) < 4.78 is 0. The highest BCUT2D eigenvalue weighted by Crippen LogP contribution is 2.23. The van der Waals surface area contributed by atoms with Crippen molar-refractivity contribution < 1.29 is 4.79 Å². The first-order valence-corrected chi connectivity index (χ1v) is 6.43. The normalized spacial score (nSPS) is 10.9. The number of nitrogens with one attached hydrogen (secondary N) is 2. The molecule has 5 nitrogen and oxygen atoms in total. The van der Waals surface area contributed by atoms with Gasteiger partial charge in [0.1, 0.15) is 0 Å². The second-order valence-electron chi connectivity index (χ2n) is 4.47. The van der Waals surface area contributed by atoms with Gasteiger partial charge in [-0.25, -0.2) is 4.79 Å². The fourth-order valence-corrected chi connectivity index (χ4v) is 1.97. The van der Waals surface area contributed by atoms with Crippen molar-refractivity contribution in [2.45, 2.75) is 13.8 Å². The van der Waals surface area contributed by atoms with Crippen LogP contribution in [0, 0.1) is 13.8 Å². The molecule has 108 valence electrons. The quantitative estimate of drug-likeness (QED) is 0.504. The number of rotatable bonds is 3. The first-order valence-electron chi connectivity index (χ1n) is 6.43. The number of para-hydroxylation sites is 1. The smallest absolute Gasteiger partial charge is 0.328 e. The zero-order chi connectivity index (χ0) is 15.1. The van der Waals surface area contributed by atoms with E-state index in [-0.39, 0.29) is 6.03 Å². The van der Waals surface area contributed by atoms with Gasteiger partial charge in [-0.15, -0.1) is 6.58 Å². The van der Waals surface area contributed by atoms with Gasteiger partial charge >= 0.3 is 6.03 Å². The van der Waals surface area contributed by atoms with Gasteiger partial charge in [-0.05, 0) is 25.0 Å². The second-order valence-corrected chi connectivity index (χ2v) is 4.47.